The SMILES string of the molecule is Cn1c(-c2ccc(-c3ccc4c5c(ccc4c3)-c3c(c4ccccc4c4ccccc34)C53c4ccccc4-c4ccccc43)cc2)nc2ccccc21. The quantitative estimate of drug-likeness (QED) is 0.167. The minimum absolute atomic E-state index is 0.463. The summed E-state index contributed by atoms with van der Waals surface area (Å²) in [5, 5.41) is 7.82. The molecule has 0 amide bonds. The molecule has 246 valence electrons. The zero-order chi connectivity index (χ0) is 34.8. The standard InChI is InChI=1S/C51H32N2/c1-53-46-21-11-10-20-45(46)52-50(53)32-24-22-31(23-25-32)33-26-28-35-34(30-33)27-29-42-47-40-16-4-2-12-36(40)37-13-3-5-17-41(37)49(47)51(48(35)42)43-18-8-6-14-38(43)39-15-7-9-19-44(39)51/h2-30H,1H3. The van der Waals surface area contributed by atoms with Crippen LogP contribution in [0.5, 0.6) is 0 Å². The van der Waals surface area contributed by atoms with E-state index in [1.165, 1.54) is 88.0 Å². The fourth-order valence-electron chi connectivity index (χ4n) is 10.0. The first-order chi connectivity index (χ1) is 26.2. The van der Waals surface area contributed by atoms with Crippen LogP contribution in [0, 0.1) is 0 Å². The highest BCUT2D eigenvalue weighted by Gasteiger charge is 2.53. The predicted molar refractivity (Wildman–Crippen MR) is 220 cm³/mol. The van der Waals surface area contributed by atoms with Gasteiger partial charge in [0.25, 0.3) is 0 Å². The molecule has 0 radical (unpaired) electrons. The van der Waals surface area contributed by atoms with Gasteiger partial charge in [-0.05, 0) is 106 Å². The minimum Gasteiger partial charge on any atom is -0.327 e. The minimum atomic E-state index is -0.463. The van der Waals surface area contributed by atoms with E-state index in [9.17, 15) is 0 Å². The molecule has 0 fully saturated rings. The van der Waals surface area contributed by atoms with Gasteiger partial charge in [0.05, 0.1) is 16.4 Å². The summed E-state index contributed by atoms with van der Waals surface area (Å²) in [6.07, 6.45) is 0. The van der Waals surface area contributed by atoms with Crippen molar-refractivity contribution in [3.63, 3.8) is 0 Å². The van der Waals surface area contributed by atoms with Crippen LogP contribution in [0.4, 0.5) is 0 Å². The molecule has 0 unspecified atom stereocenters. The van der Waals surface area contributed by atoms with Crippen molar-refractivity contribution in [1.82, 2.24) is 9.55 Å². The van der Waals surface area contributed by atoms with Gasteiger partial charge >= 0.3 is 0 Å². The Morgan fingerprint density at radius 1 is 0.434 bits per heavy atom. The second-order valence-electron chi connectivity index (χ2n) is 14.7. The highest BCUT2D eigenvalue weighted by Crippen LogP contribution is 2.66. The number of aryl methyl sites for hydroxylation is 1. The van der Waals surface area contributed by atoms with Crippen molar-refractivity contribution in [3.05, 3.63) is 198 Å². The average molecular weight is 673 g/mol. The Labute approximate surface area is 307 Å². The number of aromatic nitrogens is 2. The van der Waals surface area contributed by atoms with Gasteiger partial charge in [0.1, 0.15) is 5.82 Å². The first kappa shape index (κ1) is 28.9. The highest BCUT2D eigenvalue weighted by atomic mass is 15.1. The third-order valence-corrected chi connectivity index (χ3v) is 12.2. The van der Waals surface area contributed by atoms with Gasteiger partial charge in [-0.15, -0.1) is 0 Å². The van der Waals surface area contributed by atoms with Crippen LogP contribution in [0.25, 0.3) is 88.1 Å². The Morgan fingerprint density at radius 3 is 1.75 bits per heavy atom. The van der Waals surface area contributed by atoms with E-state index in [0.29, 0.717) is 0 Å². The number of imidazole rings is 1. The smallest absolute Gasteiger partial charge is 0.140 e. The number of hydrogen-bond acceptors (Lipinski definition) is 1. The maximum atomic E-state index is 4.94. The van der Waals surface area contributed by atoms with Crippen molar-refractivity contribution in [1.29, 1.82) is 0 Å². The van der Waals surface area contributed by atoms with Gasteiger partial charge < -0.3 is 4.57 Å². The lowest BCUT2D eigenvalue weighted by molar-refractivity contribution is 0.809. The Bertz CT molecular complexity index is 3130. The van der Waals surface area contributed by atoms with Gasteiger partial charge in [-0.25, -0.2) is 4.98 Å². The lowest BCUT2D eigenvalue weighted by atomic mass is 9.68. The van der Waals surface area contributed by atoms with Gasteiger partial charge in [0.15, 0.2) is 0 Å². The Balaban J connectivity index is 1.12. The summed E-state index contributed by atoms with van der Waals surface area (Å²) in [4.78, 5) is 4.94. The summed E-state index contributed by atoms with van der Waals surface area (Å²) in [6.45, 7) is 0. The molecule has 0 bridgehead atoms. The number of para-hydroxylation sites is 2. The van der Waals surface area contributed by atoms with E-state index in [-0.39, 0.29) is 0 Å². The molecule has 0 saturated carbocycles. The molecule has 1 spiro atoms. The summed E-state index contributed by atoms with van der Waals surface area (Å²) >= 11 is 0. The van der Waals surface area contributed by atoms with E-state index < -0.39 is 5.41 Å². The van der Waals surface area contributed by atoms with E-state index >= 15 is 0 Å². The van der Waals surface area contributed by atoms with E-state index in [1.807, 2.05) is 6.07 Å². The van der Waals surface area contributed by atoms with Crippen LogP contribution in [0.15, 0.2) is 176 Å². The lowest BCUT2D eigenvalue weighted by Crippen LogP contribution is -2.26. The second kappa shape index (κ2) is 10.4. The Morgan fingerprint density at radius 2 is 1.02 bits per heavy atom. The van der Waals surface area contributed by atoms with Crippen molar-refractivity contribution in [2.75, 3.05) is 0 Å². The van der Waals surface area contributed by atoms with Crippen molar-refractivity contribution in [2.45, 2.75) is 5.41 Å². The van der Waals surface area contributed by atoms with Crippen LogP contribution in [-0.4, -0.2) is 9.55 Å². The largest absolute Gasteiger partial charge is 0.327 e. The number of benzene rings is 9. The summed E-state index contributed by atoms with van der Waals surface area (Å²) in [5.74, 6) is 0.980. The predicted octanol–water partition coefficient (Wildman–Crippen LogP) is 12.7. The van der Waals surface area contributed by atoms with Crippen LogP contribution >= 0.6 is 0 Å². The van der Waals surface area contributed by atoms with Gasteiger partial charge in [0.2, 0.25) is 0 Å². The summed E-state index contributed by atoms with van der Waals surface area (Å²) in [5.41, 5.74) is 16.1. The average Bonchev–Trinajstić information content (AvgIpc) is 3.84. The molecule has 0 atom stereocenters. The van der Waals surface area contributed by atoms with Crippen molar-refractivity contribution >= 4 is 43.4 Å². The summed E-state index contributed by atoms with van der Waals surface area (Å²) in [6, 6.07) is 65.4. The monoisotopic (exact) mass is 672 g/mol. The molecule has 1 heterocycles. The van der Waals surface area contributed by atoms with Crippen LogP contribution in [0.3, 0.4) is 0 Å². The third kappa shape index (κ3) is 3.65. The van der Waals surface area contributed by atoms with Crippen LogP contribution in [-0.2, 0) is 12.5 Å². The molecule has 2 aliphatic rings. The summed E-state index contributed by atoms with van der Waals surface area (Å²) < 4.78 is 2.18. The highest BCUT2D eigenvalue weighted by molar-refractivity contribution is 6.21. The fourth-order valence-corrected chi connectivity index (χ4v) is 10.0. The van der Waals surface area contributed by atoms with Crippen molar-refractivity contribution in [2.24, 2.45) is 7.05 Å². The normalized spacial score (nSPS) is 13.5. The molecule has 2 heteroatoms. The molecule has 0 saturated heterocycles. The molecule has 0 N–H and O–H groups in total. The van der Waals surface area contributed by atoms with Crippen molar-refractivity contribution in [3.8, 4) is 44.8 Å². The van der Waals surface area contributed by atoms with Crippen LogP contribution in [0.2, 0.25) is 0 Å². The van der Waals surface area contributed by atoms with Crippen LogP contribution in [0.1, 0.15) is 22.3 Å². The molecular weight excluding hydrogens is 641 g/mol. The van der Waals surface area contributed by atoms with Gasteiger partial charge in [-0.2, -0.15) is 0 Å². The molecule has 2 aliphatic carbocycles. The number of fused-ring (bicyclic) bond motifs is 18. The van der Waals surface area contributed by atoms with Gasteiger partial charge in [-0.1, -0.05) is 158 Å². The van der Waals surface area contributed by atoms with E-state index in [0.717, 1.165) is 22.4 Å². The van der Waals surface area contributed by atoms with Gasteiger partial charge in [-0.3, -0.25) is 0 Å². The number of hydrogen-bond donors (Lipinski definition) is 0. The zero-order valence-electron chi connectivity index (χ0n) is 29.1. The number of nitrogens with zero attached hydrogens (tertiary/aromatic N) is 2. The molecule has 2 nitrogen and oxygen atoms in total. The van der Waals surface area contributed by atoms with E-state index in [4.69, 9.17) is 4.98 Å². The molecule has 1 aromatic heterocycles. The molecule has 53 heavy (non-hydrogen) atoms. The molecule has 10 aromatic rings. The molecule has 9 aromatic carbocycles. The first-order valence-corrected chi connectivity index (χ1v) is 18.4. The second-order valence-corrected chi connectivity index (χ2v) is 14.7. The maximum absolute atomic E-state index is 4.94. The third-order valence-electron chi connectivity index (χ3n) is 12.2. The Kier molecular flexibility index (Phi) is 5.67. The Hall–Kier alpha value is -6.77. The topological polar surface area (TPSA) is 17.8 Å². The van der Waals surface area contributed by atoms with E-state index in [1.54, 1.807) is 0 Å². The molecular formula is C51H32N2. The maximum Gasteiger partial charge on any atom is 0.140 e. The first-order valence-electron chi connectivity index (χ1n) is 18.4. The lowest BCUT2D eigenvalue weighted by Gasteiger charge is -2.32. The fraction of sp³-hybridized carbons (Fsp3) is 0.0392. The molecule has 12 rings (SSSR count). The number of rotatable bonds is 2. The van der Waals surface area contributed by atoms with Crippen LogP contribution < -0.4 is 0 Å². The van der Waals surface area contributed by atoms with Crippen molar-refractivity contribution < 1.29 is 0 Å². The van der Waals surface area contributed by atoms with Gasteiger partial charge in [0, 0.05) is 12.6 Å². The zero-order valence-corrected chi connectivity index (χ0v) is 29.1. The summed E-state index contributed by atoms with van der Waals surface area (Å²) in [7, 11) is 2.10. The molecule has 0 aliphatic heterocycles. The van der Waals surface area contributed by atoms with E-state index in [2.05, 4.69) is 181 Å².